The minimum Gasteiger partial charge on any atom is -0.394 e. The molecule has 142 valence electrons. The maximum absolute atomic E-state index is 12.4. The Morgan fingerprint density at radius 3 is 2.00 bits per heavy atom. The fraction of sp³-hybridized carbons (Fsp3) is 0.800. The molecule has 0 aromatic heterocycles. The van der Waals surface area contributed by atoms with Crippen molar-refractivity contribution in [2.45, 2.75) is 96.1 Å². The molecule has 0 aromatic carbocycles. The first-order valence-corrected chi connectivity index (χ1v) is 9.78. The van der Waals surface area contributed by atoms with E-state index in [-0.39, 0.29) is 24.1 Å². The highest BCUT2D eigenvalue weighted by atomic mass is 16.3. The van der Waals surface area contributed by atoms with Crippen LogP contribution >= 0.6 is 0 Å². The first kappa shape index (κ1) is 21.5. The molecule has 0 atom stereocenters. The number of carbonyl (C=O) groups is 1. The van der Waals surface area contributed by atoms with Gasteiger partial charge in [0.25, 0.3) is 5.91 Å². The Bertz CT molecular complexity index is 454. The third-order valence-electron chi connectivity index (χ3n) is 4.81. The summed E-state index contributed by atoms with van der Waals surface area (Å²) >= 11 is 0. The van der Waals surface area contributed by atoms with E-state index in [1.807, 2.05) is 19.9 Å². The summed E-state index contributed by atoms with van der Waals surface area (Å²) in [7, 11) is 0. The molecule has 1 amide bonds. The number of amides is 1. The fourth-order valence-corrected chi connectivity index (χ4v) is 3.03. The molecule has 0 unspecified atom stereocenters. The zero-order valence-corrected chi connectivity index (χ0v) is 15.9. The molecule has 1 rings (SSSR count). The van der Waals surface area contributed by atoms with Crippen LogP contribution in [-0.4, -0.2) is 29.2 Å². The number of hydrogen-bond acceptors (Lipinski definition) is 4. The minimum absolute atomic E-state index is 0.0626. The number of nitrogens with zero attached hydrogens (tertiary/aromatic N) is 1. The Morgan fingerprint density at radius 1 is 1.08 bits per heavy atom. The lowest BCUT2D eigenvalue weighted by atomic mass is 9.97. The Morgan fingerprint density at radius 2 is 1.56 bits per heavy atom. The predicted octanol–water partition coefficient (Wildman–Crippen LogP) is 3.54. The van der Waals surface area contributed by atoms with Crippen molar-refractivity contribution in [2.24, 2.45) is 0 Å². The van der Waals surface area contributed by atoms with E-state index in [9.17, 15) is 15.2 Å². The monoisotopic (exact) mass is 349 g/mol. The normalized spacial score (nSPS) is 19.2. The van der Waals surface area contributed by atoms with Crippen molar-refractivity contribution < 1.29 is 9.90 Å². The van der Waals surface area contributed by atoms with E-state index in [0.717, 1.165) is 25.7 Å². The molecule has 5 heteroatoms. The average Bonchev–Trinajstić information content (AvgIpc) is 2.57. The van der Waals surface area contributed by atoms with Crippen LogP contribution in [0.3, 0.4) is 0 Å². The van der Waals surface area contributed by atoms with Gasteiger partial charge in [-0.15, -0.1) is 0 Å². The lowest BCUT2D eigenvalue weighted by Crippen LogP contribution is -2.41. The maximum atomic E-state index is 12.4. The number of hydrogen-bond donors (Lipinski definition) is 3. The highest BCUT2D eigenvalue weighted by Gasteiger charge is 2.18. The number of nitriles is 1. The molecular formula is C20H35N3O2. The third-order valence-corrected chi connectivity index (χ3v) is 4.81. The van der Waals surface area contributed by atoms with E-state index in [0.29, 0.717) is 0 Å². The molecule has 3 N–H and O–H groups in total. The molecule has 1 saturated carbocycles. The first-order chi connectivity index (χ1) is 12.0. The number of rotatable bonds is 5. The molecule has 0 bridgehead atoms. The van der Waals surface area contributed by atoms with Crippen LogP contribution in [0.1, 0.15) is 84.5 Å². The summed E-state index contributed by atoms with van der Waals surface area (Å²) in [5, 5.41) is 24.5. The van der Waals surface area contributed by atoms with E-state index < -0.39 is 5.54 Å². The topological polar surface area (TPSA) is 85.2 Å². The predicted molar refractivity (Wildman–Crippen MR) is 101 cm³/mol. The molecule has 0 aliphatic heterocycles. The van der Waals surface area contributed by atoms with Crippen molar-refractivity contribution >= 4 is 5.91 Å². The van der Waals surface area contributed by atoms with Gasteiger partial charge < -0.3 is 15.7 Å². The molecule has 25 heavy (non-hydrogen) atoms. The van der Waals surface area contributed by atoms with E-state index in [4.69, 9.17) is 0 Å². The van der Waals surface area contributed by atoms with Gasteiger partial charge in [-0.05, 0) is 26.7 Å². The van der Waals surface area contributed by atoms with Gasteiger partial charge in [-0.25, -0.2) is 0 Å². The quantitative estimate of drug-likeness (QED) is 0.523. The zero-order chi connectivity index (χ0) is 18.5. The summed E-state index contributed by atoms with van der Waals surface area (Å²) in [6.07, 6.45) is 14.7. The highest BCUT2D eigenvalue weighted by molar-refractivity contribution is 5.97. The molecule has 5 nitrogen and oxygen atoms in total. The van der Waals surface area contributed by atoms with Gasteiger partial charge in [-0.3, -0.25) is 4.79 Å². The van der Waals surface area contributed by atoms with Gasteiger partial charge in [0.2, 0.25) is 0 Å². The van der Waals surface area contributed by atoms with E-state index in [2.05, 4.69) is 10.6 Å². The summed E-state index contributed by atoms with van der Waals surface area (Å²) in [6, 6.07) is 2.11. The van der Waals surface area contributed by atoms with Gasteiger partial charge in [0.15, 0.2) is 0 Å². The van der Waals surface area contributed by atoms with Crippen molar-refractivity contribution in [2.75, 3.05) is 6.61 Å². The van der Waals surface area contributed by atoms with Crippen LogP contribution in [0.4, 0.5) is 0 Å². The van der Waals surface area contributed by atoms with Gasteiger partial charge in [0.1, 0.15) is 11.6 Å². The standard InChI is InChI=1S/C20H35N3O2/c1-20(2,16-24)22-15-17(14-21)19(25)23-18-12-10-8-6-4-3-5-7-9-11-13-18/h15,18,22,24H,3-13,16H2,1-2H3,(H,23,25)/b17-15-. The van der Waals surface area contributed by atoms with Gasteiger partial charge in [-0.1, -0.05) is 57.8 Å². The van der Waals surface area contributed by atoms with Crippen molar-refractivity contribution in [3.05, 3.63) is 11.8 Å². The zero-order valence-electron chi connectivity index (χ0n) is 15.9. The molecule has 0 aromatic rings. The minimum atomic E-state index is -0.560. The molecule has 1 fully saturated rings. The second kappa shape index (κ2) is 11.9. The Balaban J connectivity index is 2.59. The summed E-state index contributed by atoms with van der Waals surface area (Å²) in [4.78, 5) is 12.4. The van der Waals surface area contributed by atoms with Crippen molar-refractivity contribution in [3.63, 3.8) is 0 Å². The van der Waals surface area contributed by atoms with Crippen LogP contribution in [-0.2, 0) is 4.79 Å². The lowest BCUT2D eigenvalue weighted by molar-refractivity contribution is -0.117. The van der Waals surface area contributed by atoms with E-state index in [1.165, 1.54) is 51.1 Å². The summed E-state index contributed by atoms with van der Waals surface area (Å²) < 4.78 is 0. The Labute approximate surface area is 152 Å². The number of aliphatic hydroxyl groups excluding tert-OH is 1. The second-order valence-corrected chi connectivity index (χ2v) is 7.79. The Kier molecular flexibility index (Phi) is 10.3. The molecule has 0 saturated heterocycles. The SMILES string of the molecule is CC(C)(CO)N/C=C(/C#N)C(=O)NC1CCCCCCCCCCC1. The fourth-order valence-electron chi connectivity index (χ4n) is 3.03. The van der Waals surface area contributed by atoms with Crippen molar-refractivity contribution in [3.8, 4) is 6.07 Å². The van der Waals surface area contributed by atoms with Crippen LogP contribution in [0.15, 0.2) is 11.8 Å². The van der Waals surface area contributed by atoms with Crippen LogP contribution < -0.4 is 10.6 Å². The largest absolute Gasteiger partial charge is 0.394 e. The Hall–Kier alpha value is -1.54. The summed E-state index contributed by atoms with van der Waals surface area (Å²) in [6.45, 7) is 3.54. The smallest absolute Gasteiger partial charge is 0.263 e. The first-order valence-electron chi connectivity index (χ1n) is 9.78. The molecular weight excluding hydrogens is 314 g/mol. The summed E-state index contributed by atoms with van der Waals surface area (Å²) in [5.41, 5.74) is -0.497. The molecule has 0 radical (unpaired) electrons. The molecule has 1 aliphatic rings. The van der Waals surface area contributed by atoms with Gasteiger partial charge in [0, 0.05) is 12.2 Å². The van der Waals surface area contributed by atoms with Crippen molar-refractivity contribution in [1.29, 1.82) is 5.26 Å². The van der Waals surface area contributed by atoms with Crippen LogP contribution in [0.25, 0.3) is 0 Å². The number of nitrogens with one attached hydrogen (secondary N) is 2. The van der Waals surface area contributed by atoms with E-state index in [1.54, 1.807) is 0 Å². The molecule has 0 spiro atoms. The lowest BCUT2D eigenvalue weighted by Gasteiger charge is -2.23. The van der Waals surface area contributed by atoms with Gasteiger partial charge >= 0.3 is 0 Å². The average molecular weight is 350 g/mol. The number of carbonyl (C=O) groups excluding carboxylic acids is 1. The summed E-state index contributed by atoms with van der Waals surface area (Å²) in [5.74, 6) is -0.319. The van der Waals surface area contributed by atoms with Crippen molar-refractivity contribution in [1.82, 2.24) is 10.6 Å². The highest BCUT2D eigenvalue weighted by Crippen LogP contribution is 2.17. The third kappa shape index (κ3) is 9.50. The number of aliphatic hydroxyl groups is 1. The second-order valence-electron chi connectivity index (χ2n) is 7.79. The maximum Gasteiger partial charge on any atom is 0.263 e. The van der Waals surface area contributed by atoms with Gasteiger partial charge in [-0.2, -0.15) is 5.26 Å². The molecule has 1 aliphatic carbocycles. The van der Waals surface area contributed by atoms with E-state index >= 15 is 0 Å². The van der Waals surface area contributed by atoms with Crippen LogP contribution in [0, 0.1) is 11.3 Å². The molecule has 0 heterocycles. The van der Waals surface area contributed by atoms with Gasteiger partial charge in [0.05, 0.1) is 12.1 Å². The van der Waals surface area contributed by atoms with Crippen LogP contribution in [0.2, 0.25) is 0 Å². The van der Waals surface area contributed by atoms with Crippen LogP contribution in [0.5, 0.6) is 0 Å².